The molecule has 0 aliphatic carbocycles. The molecule has 0 radical (unpaired) electrons. The van der Waals surface area contributed by atoms with Crippen molar-refractivity contribution in [3.63, 3.8) is 0 Å². The summed E-state index contributed by atoms with van der Waals surface area (Å²) in [6.45, 7) is 3.10. The van der Waals surface area contributed by atoms with Gasteiger partial charge in [-0.15, -0.1) is 0 Å². The Morgan fingerprint density at radius 2 is 1.90 bits per heavy atom. The van der Waals surface area contributed by atoms with E-state index in [1.165, 1.54) is 0 Å². The highest BCUT2D eigenvalue weighted by Gasteiger charge is 2.31. The number of aliphatic hydroxyl groups is 1. The van der Waals surface area contributed by atoms with Crippen molar-refractivity contribution in [2.45, 2.75) is 32.0 Å². The Labute approximate surface area is 169 Å². The second-order valence-electron chi connectivity index (χ2n) is 6.90. The highest BCUT2D eigenvalue weighted by Crippen LogP contribution is 2.17. The van der Waals surface area contributed by atoms with Crippen LogP contribution in [0, 0.1) is 5.92 Å². The number of aromatic nitrogens is 2. The number of likely N-dealkylation sites (tertiary alicyclic amines) is 1. The van der Waals surface area contributed by atoms with Crippen molar-refractivity contribution in [3.05, 3.63) is 23.3 Å². The smallest absolute Gasteiger partial charge is 0.290 e. The second-order valence-corrected chi connectivity index (χ2v) is 6.90. The standard InChI is InChI=1S/C16H25N5O2.2CH2O2/c1-20-5-3-13-11(9-20)7-17-15(19-13)8-18-16(23)12-10-21(2)6-4-14(12)22;2*2-1-3/h7,12,14,22H,3-6,8-10H2,1-2H3,(H,18,23);2*1H,(H,2,3)/t12-,14+;;/m1../s1. The molecule has 3 rings (SSSR count). The SMILES string of the molecule is CN1CCc2nc(CNC(=O)[C@@H]3CN(C)CC[C@@H]3O)ncc2C1.O=CO.O=CO. The van der Waals surface area contributed by atoms with E-state index in [4.69, 9.17) is 19.8 Å². The van der Waals surface area contributed by atoms with Crippen LogP contribution in [0.4, 0.5) is 0 Å². The van der Waals surface area contributed by atoms with Gasteiger partial charge in [0.25, 0.3) is 12.9 Å². The predicted octanol–water partition coefficient (Wildman–Crippen LogP) is -1.21. The first-order valence-corrected chi connectivity index (χ1v) is 9.18. The minimum absolute atomic E-state index is 0.120. The van der Waals surface area contributed by atoms with Gasteiger partial charge in [0.15, 0.2) is 0 Å². The molecule has 1 amide bonds. The highest BCUT2D eigenvalue weighted by atomic mass is 16.3. The maximum atomic E-state index is 12.3. The number of aliphatic hydroxyl groups excluding tert-OH is 1. The van der Waals surface area contributed by atoms with E-state index in [9.17, 15) is 9.90 Å². The Balaban J connectivity index is 0.000000626. The first-order chi connectivity index (χ1) is 13.9. The van der Waals surface area contributed by atoms with Crippen LogP contribution in [0.3, 0.4) is 0 Å². The van der Waals surface area contributed by atoms with Crippen LogP contribution in [0.25, 0.3) is 0 Å². The van der Waals surface area contributed by atoms with Gasteiger partial charge < -0.3 is 30.4 Å². The van der Waals surface area contributed by atoms with E-state index in [1.807, 2.05) is 13.2 Å². The molecule has 0 bridgehead atoms. The van der Waals surface area contributed by atoms with Gasteiger partial charge in [0.1, 0.15) is 5.82 Å². The number of likely N-dealkylation sites (N-methyl/N-ethyl adjacent to an activating group) is 1. The fourth-order valence-electron chi connectivity index (χ4n) is 3.24. The van der Waals surface area contributed by atoms with E-state index in [0.29, 0.717) is 25.3 Å². The van der Waals surface area contributed by atoms with Crippen LogP contribution in [-0.2, 0) is 33.9 Å². The van der Waals surface area contributed by atoms with Crippen molar-refractivity contribution in [2.24, 2.45) is 5.92 Å². The number of carboxylic acid groups (broad SMARTS) is 2. The van der Waals surface area contributed by atoms with Crippen LogP contribution >= 0.6 is 0 Å². The van der Waals surface area contributed by atoms with Crippen LogP contribution in [0.2, 0.25) is 0 Å². The van der Waals surface area contributed by atoms with Crippen LogP contribution in [0.15, 0.2) is 6.20 Å². The molecule has 0 saturated carbocycles. The van der Waals surface area contributed by atoms with Gasteiger partial charge in [0.05, 0.1) is 18.6 Å². The van der Waals surface area contributed by atoms with Crippen LogP contribution < -0.4 is 5.32 Å². The molecular formula is C18H29N5O6. The lowest BCUT2D eigenvalue weighted by Crippen LogP contribution is -2.48. The highest BCUT2D eigenvalue weighted by molar-refractivity contribution is 5.79. The fraction of sp³-hybridized carbons (Fsp3) is 0.611. The number of nitrogens with zero attached hydrogens (tertiary/aromatic N) is 4. The van der Waals surface area contributed by atoms with Crippen molar-refractivity contribution >= 4 is 18.9 Å². The van der Waals surface area contributed by atoms with Crippen LogP contribution in [-0.4, -0.2) is 93.8 Å². The van der Waals surface area contributed by atoms with Crippen molar-refractivity contribution < 1.29 is 29.7 Å². The Bertz CT molecular complexity index is 668. The summed E-state index contributed by atoms with van der Waals surface area (Å²) in [6, 6.07) is 0. The molecule has 2 aliphatic heterocycles. The molecule has 29 heavy (non-hydrogen) atoms. The summed E-state index contributed by atoms with van der Waals surface area (Å²) in [6.07, 6.45) is 2.85. The number of hydrogen-bond acceptors (Lipinski definition) is 8. The molecule has 0 unspecified atom stereocenters. The third-order valence-corrected chi connectivity index (χ3v) is 4.71. The Hall–Kier alpha value is -2.63. The zero-order chi connectivity index (χ0) is 21.8. The van der Waals surface area contributed by atoms with Crippen molar-refractivity contribution in [2.75, 3.05) is 33.7 Å². The molecule has 162 valence electrons. The number of hydrogen-bond donors (Lipinski definition) is 4. The Morgan fingerprint density at radius 1 is 1.24 bits per heavy atom. The number of amides is 1. The van der Waals surface area contributed by atoms with Crippen LogP contribution in [0.5, 0.6) is 0 Å². The average Bonchev–Trinajstić information content (AvgIpc) is 2.69. The van der Waals surface area contributed by atoms with Gasteiger partial charge in [-0.25, -0.2) is 9.97 Å². The summed E-state index contributed by atoms with van der Waals surface area (Å²) in [4.78, 5) is 42.3. The molecule has 4 N–H and O–H groups in total. The lowest BCUT2D eigenvalue weighted by Gasteiger charge is -2.32. The van der Waals surface area contributed by atoms with E-state index < -0.39 is 6.10 Å². The van der Waals surface area contributed by atoms with Gasteiger partial charge in [0.2, 0.25) is 5.91 Å². The van der Waals surface area contributed by atoms with Crippen molar-refractivity contribution in [1.29, 1.82) is 0 Å². The van der Waals surface area contributed by atoms with E-state index in [0.717, 1.165) is 37.3 Å². The Kier molecular flexibility index (Phi) is 10.7. The zero-order valence-corrected chi connectivity index (χ0v) is 16.7. The minimum atomic E-state index is -0.564. The lowest BCUT2D eigenvalue weighted by atomic mass is 9.94. The number of carbonyl (C=O) groups is 3. The number of nitrogens with one attached hydrogen (secondary N) is 1. The normalized spacial score (nSPS) is 21.3. The minimum Gasteiger partial charge on any atom is -0.483 e. The molecule has 1 saturated heterocycles. The fourth-order valence-corrected chi connectivity index (χ4v) is 3.24. The first kappa shape index (κ1) is 24.4. The van der Waals surface area contributed by atoms with E-state index in [1.54, 1.807) is 0 Å². The third-order valence-electron chi connectivity index (χ3n) is 4.71. The predicted molar refractivity (Wildman–Crippen MR) is 103 cm³/mol. The lowest BCUT2D eigenvalue weighted by molar-refractivity contribution is -0.131. The number of piperidine rings is 1. The number of rotatable bonds is 3. The topological polar surface area (TPSA) is 156 Å². The van der Waals surface area contributed by atoms with E-state index in [-0.39, 0.29) is 24.8 Å². The summed E-state index contributed by atoms with van der Waals surface area (Å²) in [5, 5.41) is 26.7. The zero-order valence-electron chi connectivity index (χ0n) is 16.7. The second kappa shape index (κ2) is 12.8. The molecule has 1 aromatic heterocycles. The molecule has 0 aromatic carbocycles. The third kappa shape index (κ3) is 8.10. The van der Waals surface area contributed by atoms with Crippen molar-refractivity contribution in [1.82, 2.24) is 25.1 Å². The van der Waals surface area contributed by atoms with Gasteiger partial charge >= 0.3 is 0 Å². The van der Waals surface area contributed by atoms with E-state index >= 15 is 0 Å². The van der Waals surface area contributed by atoms with Gasteiger partial charge in [-0.1, -0.05) is 0 Å². The first-order valence-electron chi connectivity index (χ1n) is 9.18. The maximum Gasteiger partial charge on any atom is 0.290 e. The summed E-state index contributed by atoms with van der Waals surface area (Å²) < 4.78 is 0. The quantitative estimate of drug-likeness (QED) is 0.445. The van der Waals surface area contributed by atoms with Gasteiger partial charge in [-0.2, -0.15) is 0 Å². The molecule has 1 fully saturated rings. The monoisotopic (exact) mass is 411 g/mol. The van der Waals surface area contributed by atoms with Gasteiger partial charge in [-0.05, 0) is 20.5 Å². The summed E-state index contributed by atoms with van der Waals surface area (Å²) >= 11 is 0. The summed E-state index contributed by atoms with van der Waals surface area (Å²) in [7, 11) is 4.05. The molecule has 2 aliphatic rings. The summed E-state index contributed by atoms with van der Waals surface area (Å²) in [5.74, 6) is 0.144. The molecule has 11 heteroatoms. The average molecular weight is 411 g/mol. The largest absolute Gasteiger partial charge is 0.483 e. The number of fused-ring (bicyclic) bond motifs is 1. The van der Waals surface area contributed by atoms with Crippen molar-refractivity contribution in [3.8, 4) is 0 Å². The van der Waals surface area contributed by atoms with E-state index in [2.05, 4.69) is 32.1 Å². The Morgan fingerprint density at radius 3 is 2.55 bits per heavy atom. The molecule has 3 heterocycles. The molecule has 0 spiro atoms. The molecule has 1 aromatic rings. The molecule has 11 nitrogen and oxygen atoms in total. The summed E-state index contributed by atoms with van der Waals surface area (Å²) in [5.41, 5.74) is 2.25. The molecule has 2 atom stereocenters. The van der Waals surface area contributed by atoms with Crippen LogP contribution in [0.1, 0.15) is 23.5 Å². The number of carbonyl (C=O) groups excluding carboxylic acids is 1. The van der Waals surface area contributed by atoms with Gasteiger partial charge in [-0.3, -0.25) is 14.4 Å². The molecular weight excluding hydrogens is 382 g/mol. The van der Waals surface area contributed by atoms with Gasteiger partial charge in [0, 0.05) is 50.1 Å². The maximum absolute atomic E-state index is 12.3.